The van der Waals surface area contributed by atoms with E-state index < -0.39 is 11.4 Å². The van der Waals surface area contributed by atoms with E-state index in [9.17, 15) is 4.79 Å². The number of rotatable bonds is 3. The summed E-state index contributed by atoms with van der Waals surface area (Å²) in [5.41, 5.74) is 4.41. The van der Waals surface area contributed by atoms with E-state index >= 15 is 0 Å². The Bertz CT molecular complexity index is 348. The molecule has 1 aromatic heterocycles. The first-order valence-electron chi connectivity index (χ1n) is 4.29. The highest BCUT2D eigenvalue weighted by Gasteiger charge is 2.24. The molecule has 0 aliphatic carbocycles. The van der Waals surface area contributed by atoms with E-state index in [0.717, 1.165) is 0 Å². The minimum atomic E-state index is -0.805. The van der Waals surface area contributed by atoms with Crippen LogP contribution in [0.25, 0.3) is 0 Å². The summed E-state index contributed by atoms with van der Waals surface area (Å²) < 4.78 is 0. The number of carbonyl (C=O) groups excluding carboxylic acids is 1. The molecule has 5 nitrogen and oxygen atoms in total. The minimum absolute atomic E-state index is 0.422. The van der Waals surface area contributed by atoms with Gasteiger partial charge in [-0.15, -0.1) is 0 Å². The van der Waals surface area contributed by atoms with Gasteiger partial charge in [-0.05, 0) is 26.8 Å². The van der Waals surface area contributed by atoms with Crippen molar-refractivity contribution < 1.29 is 4.79 Å². The van der Waals surface area contributed by atoms with Crippen LogP contribution >= 0.6 is 0 Å². The third-order valence-electron chi connectivity index (χ3n) is 1.83. The highest BCUT2D eigenvalue weighted by Crippen LogP contribution is 2.11. The van der Waals surface area contributed by atoms with Crippen LogP contribution in [0.5, 0.6) is 0 Å². The molecule has 14 heavy (non-hydrogen) atoms. The molecule has 0 bridgehead atoms. The van der Waals surface area contributed by atoms with Crippen molar-refractivity contribution >= 4 is 11.7 Å². The normalized spacial score (nSPS) is 11.1. The van der Waals surface area contributed by atoms with Crippen molar-refractivity contribution in [1.29, 1.82) is 0 Å². The number of amides is 1. The molecule has 1 rings (SSSR count). The maximum Gasteiger partial charge on any atom is 0.242 e. The summed E-state index contributed by atoms with van der Waals surface area (Å²) in [7, 11) is 0. The largest absolute Gasteiger partial charge is 0.368 e. The molecule has 0 aliphatic heterocycles. The van der Waals surface area contributed by atoms with Crippen molar-refractivity contribution in [3.8, 4) is 0 Å². The number of nitrogens with two attached hydrogens (primary N) is 1. The predicted octanol–water partition coefficient (Wildman–Crippen LogP) is 0.461. The van der Waals surface area contributed by atoms with Crippen LogP contribution in [-0.4, -0.2) is 21.4 Å². The van der Waals surface area contributed by atoms with Crippen molar-refractivity contribution in [2.45, 2.75) is 26.3 Å². The topological polar surface area (TPSA) is 80.9 Å². The molecule has 0 saturated heterocycles. The second-order valence-corrected chi connectivity index (χ2v) is 3.60. The lowest BCUT2D eigenvalue weighted by Crippen LogP contribution is -2.45. The van der Waals surface area contributed by atoms with E-state index in [2.05, 4.69) is 15.3 Å². The van der Waals surface area contributed by atoms with Crippen molar-refractivity contribution in [1.82, 2.24) is 9.97 Å². The Kier molecular flexibility index (Phi) is 2.69. The Morgan fingerprint density at radius 2 is 2.21 bits per heavy atom. The smallest absolute Gasteiger partial charge is 0.242 e. The SMILES string of the molecule is Cc1nccc(NC(C)(C)C(N)=O)n1. The number of nitrogens with zero attached hydrogens (tertiary/aromatic N) is 2. The van der Waals surface area contributed by atoms with Gasteiger partial charge in [0.1, 0.15) is 17.2 Å². The Morgan fingerprint density at radius 3 is 2.71 bits per heavy atom. The molecule has 0 unspecified atom stereocenters. The van der Waals surface area contributed by atoms with Gasteiger partial charge in [0.2, 0.25) is 5.91 Å². The zero-order chi connectivity index (χ0) is 10.8. The molecule has 0 saturated carbocycles. The summed E-state index contributed by atoms with van der Waals surface area (Å²) in [6.07, 6.45) is 1.63. The molecule has 1 aromatic rings. The van der Waals surface area contributed by atoms with Crippen molar-refractivity contribution in [3.05, 3.63) is 18.1 Å². The van der Waals surface area contributed by atoms with Crippen LogP contribution < -0.4 is 11.1 Å². The summed E-state index contributed by atoms with van der Waals surface area (Å²) in [5.74, 6) is 0.824. The fourth-order valence-corrected chi connectivity index (χ4v) is 0.908. The van der Waals surface area contributed by atoms with Gasteiger partial charge < -0.3 is 11.1 Å². The van der Waals surface area contributed by atoms with E-state index in [1.807, 2.05) is 0 Å². The molecule has 0 fully saturated rings. The minimum Gasteiger partial charge on any atom is -0.368 e. The van der Waals surface area contributed by atoms with Gasteiger partial charge in [-0.1, -0.05) is 0 Å². The summed E-state index contributed by atoms with van der Waals surface area (Å²) in [6, 6.07) is 1.69. The van der Waals surface area contributed by atoms with Gasteiger partial charge in [-0.3, -0.25) is 4.79 Å². The average molecular weight is 194 g/mol. The number of nitrogens with one attached hydrogen (secondary N) is 1. The number of carbonyl (C=O) groups is 1. The molecule has 76 valence electrons. The van der Waals surface area contributed by atoms with Gasteiger partial charge >= 0.3 is 0 Å². The molecule has 0 aliphatic rings. The van der Waals surface area contributed by atoms with Gasteiger partial charge in [0, 0.05) is 6.20 Å². The second kappa shape index (κ2) is 3.61. The number of anilines is 1. The van der Waals surface area contributed by atoms with Crippen molar-refractivity contribution in [2.24, 2.45) is 5.73 Å². The summed E-state index contributed by atoms with van der Waals surface area (Å²) in [5, 5.41) is 2.93. The van der Waals surface area contributed by atoms with E-state index in [-0.39, 0.29) is 0 Å². The summed E-state index contributed by atoms with van der Waals surface area (Å²) in [4.78, 5) is 19.1. The van der Waals surface area contributed by atoms with E-state index in [4.69, 9.17) is 5.73 Å². The highest BCUT2D eigenvalue weighted by molar-refractivity contribution is 5.86. The monoisotopic (exact) mass is 194 g/mol. The first kappa shape index (κ1) is 10.4. The molecule has 5 heteroatoms. The van der Waals surface area contributed by atoms with Gasteiger partial charge in [0.05, 0.1) is 0 Å². The quantitative estimate of drug-likeness (QED) is 0.732. The third kappa shape index (κ3) is 2.42. The van der Waals surface area contributed by atoms with Crippen LogP contribution in [0.3, 0.4) is 0 Å². The Hall–Kier alpha value is -1.65. The molecule has 1 amide bonds. The molecule has 1 heterocycles. The van der Waals surface area contributed by atoms with Crippen LogP contribution in [0, 0.1) is 6.92 Å². The van der Waals surface area contributed by atoms with Gasteiger partial charge in [0.15, 0.2) is 0 Å². The van der Waals surface area contributed by atoms with E-state index in [1.54, 1.807) is 33.0 Å². The molecule has 3 N–H and O–H groups in total. The summed E-state index contributed by atoms with van der Waals surface area (Å²) >= 11 is 0. The summed E-state index contributed by atoms with van der Waals surface area (Å²) in [6.45, 7) is 5.18. The lowest BCUT2D eigenvalue weighted by Gasteiger charge is -2.22. The number of hydrogen-bond acceptors (Lipinski definition) is 4. The zero-order valence-corrected chi connectivity index (χ0v) is 8.53. The number of hydrogen-bond donors (Lipinski definition) is 2. The van der Waals surface area contributed by atoms with E-state index in [1.165, 1.54) is 0 Å². The number of primary amides is 1. The van der Waals surface area contributed by atoms with Crippen molar-refractivity contribution in [2.75, 3.05) is 5.32 Å². The van der Waals surface area contributed by atoms with Crippen LogP contribution in [0.4, 0.5) is 5.82 Å². The molecular weight excluding hydrogens is 180 g/mol. The van der Waals surface area contributed by atoms with Crippen LogP contribution in [0.1, 0.15) is 19.7 Å². The Morgan fingerprint density at radius 1 is 1.57 bits per heavy atom. The van der Waals surface area contributed by atoms with Crippen LogP contribution in [-0.2, 0) is 4.79 Å². The molecular formula is C9H14N4O. The van der Waals surface area contributed by atoms with Crippen LogP contribution in [0.2, 0.25) is 0 Å². The average Bonchev–Trinajstić information content (AvgIpc) is 2.02. The molecule has 0 radical (unpaired) electrons. The molecule has 0 aromatic carbocycles. The van der Waals surface area contributed by atoms with Gasteiger partial charge in [-0.2, -0.15) is 0 Å². The lowest BCUT2D eigenvalue weighted by molar-refractivity contribution is -0.121. The van der Waals surface area contributed by atoms with Gasteiger partial charge in [0.25, 0.3) is 0 Å². The fraction of sp³-hybridized carbons (Fsp3) is 0.444. The first-order chi connectivity index (χ1) is 6.42. The van der Waals surface area contributed by atoms with Gasteiger partial charge in [-0.25, -0.2) is 9.97 Å². The molecule has 0 spiro atoms. The lowest BCUT2D eigenvalue weighted by atomic mass is 10.1. The first-order valence-corrected chi connectivity index (χ1v) is 4.29. The van der Waals surface area contributed by atoms with E-state index in [0.29, 0.717) is 11.6 Å². The Labute approximate surface area is 82.7 Å². The third-order valence-corrected chi connectivity index (χ3v) is 1.83. The second-order valence-electron chi connectivity index (χ2n) is 3.60. The number of aryl methyl sites for hydroxylation is 1. The molecule has 0 atom stereocenters. The predicted molar refractivity (Wildman–Crippen MR) is 53.7 cm³/mol. The maximum absolute atomic E-state index is 11.0. The number of aromatic nitrogens is 2. The Balaban J connectivity index is 2.83. The highest BCUT2D eigenvalue weighted by atomic mass is 16.1. The van der Waals surface area contributed by atoms with Crippen molar-refractivity contribution in [3.63, 3.8) is 0 Å². The zero-order valence-electron chi connectivity index (χ0n) is 8.53. The van der Waals surface area contributed by atoms with Crippen LogP contribution in [0.15, 0.2) is 12.3 Å². The standard InChI is InChI=1S/C9H14N4O/c1-6-11-5-4-7(12-6)13-9(2,3)8(10)14/h4-5H,1-3H3,(H2,10,14)(H,11,12,13). The fourth-order valence-electron chi connectivity index (χ4n) is 0.908. The maximum atomic E-state index is 11.0.